The maximum Gasteiger partial charge on any atom is 0.0752 e. The minimum absolute atomic E-state index is 0.838. The van der Waals surface area contributed by atoms with Gasteiger partial charge in [-0.25, -0.2) is 5.06 Å². The lowest BCUT2D eigenvalue weighted by Crippen LogP contribution is -2.12. The molecule has 0 aromatic heterocycles. The van der Waals surface area contributed by atoms with Gasteiger partial charge in [0.15, 0.2) is 0 Å². The summed E-state index contributed by atoms with van der Waals surface area (Å²) in [6, 6.07) is 0. The third-order valence-electron chi connectivity index (χ3n) is 3.52. The van der Waals surface area contributed by atoms with Crippen molar-refractivity contribution < 1.29 is 4.84 Å². The molecule has 110 valence electrons. The molecule has 0 aromatic carbocycles. The Labute approximate surface area is 119 Å². The molecule has 0 amide bonds. The van der Waals surface area contributed by atoms with Crippen LogP contribution < -0.4 is 0 Å². The van der Waals surface area contributed by atoms with Crippen molar-refractivity contribution in [2.45, 2.75) is 77.6 Å². The van der Waals surface area contributed by atoms with Gasteiger partial charge in [0, 0.05) is 12.4 Å². The minimum atomic E-state index is 0.838. The highest BCUT2D eigenvalue weighted by molar-refractivity contribution is 4.98. The monoisotopic (exact) mass is 265 g/mol. The van der Waals surface area contributed by atoms with Gasteiger partial charge >= 0.3 is 0 Å². The van der Waals surface area contributed by atoms with Crippen LogP contribution in [0.5, 0.6) is 0 Å². The molecule has 0 aliphatic carbocycles. The Morgan fingerprint density at radius 2 is 1.32 bits per heavy atom. The number of unbranched alkanes of at least 4 members (excludes halogenated alkanes) is 9. The fourth-order valence-corrected chi connectivity index (χ4v) is 2.30. The molecule has 0 atom stereocenters. The SMILES string of the molecule is CCCCCCCCCCCCON1C=CCC=C1. The molecule has 1 heterocycles. The first-order chi connectivity index (χ1) is 9.43. The quantitative estimate of drug-likeness (QED) is 0.428. The Balaban J connectivity index is 1.75. The summed E-state index contributed by atoms with van der Waals surface area (Å²) in [7, 11) is 0. The molecule has 1 aliphatic heterocycles. The van der Waals surface area contributed by atoms with Gasteiger partial charge in [-0.15, -0.1) is 0 Å². The maximum atomic E-state index is 5.61. The Morgan fingerprint density at radius 3 is 1.89 bits per heavy atom. The minimum Gasteiger partial charge on any atom is -0.270 e. The summed E-state index contributed by atoms with van der Waals surface area (Å²) in [6.45, 7) is 3.11. The van der Waals surface area contributed by atoms with Crippen LogP contribution in [-0.2, 0) is 4.84 Å². The molecule has 0 aromatic rings. The van der Waals surface area contributed by atoms with E-state index >= 15 is 0 Å². The third kappa shape index (κ3) is 9.77. The van der Waals surface area contributed by atoms with Crippen LogP contribution in [0.1, 0.15) is 77.6 Å². The second-order valence-corrected chi connectivity index (χ2v) is 5.38. The lowest BCUT2D eigenvalue weighted by molar-refractivity contribution is -0.0839. The zero-order chi connectivity index (χ0) is 13.6. The second-order valence-electron chi connectivity index (χ2n) is 5.38. The van der Waals surface area contributed by atoms with Gasteiger partial charge in [-0.05, 0) is 12.8 Å². The van der Waals surface area contributed by atoms with Crippen LogP contribution >= 0.6 is 0 Å². The molecule has 0 unspecified atom stereocenters. The summed E-state index contributed by atoms with van der Waals surface area (Å²) in [6.07, 6.45) is 23.0. The van der Waals surface area contributed by atoms with E-state index in [-0.39, 0.29) is 0 Å². The normalized spacial score (nSPS) is 14.3. The predicted octanol–water partition coefficient (Wildman–Crippen LogP) is 5.57. The van der Waals surface area contributed by atoms with Crippen LogP contribution in [-0.4, -0.2) is 11.7 Å². The summed E-state index contributed by atoms with van der Waals surface area (Å²) < 4.78 is 0. The Kier molecular flexibility index (Phi) is 10.5. The van der Waals surface area contributed by atoms with E-state index in [9.17, 15) is 0 Å². The molecule has 0 radical (unpaired) electrons. The molecule has 19 heavy (non-hydrogen) atoms. The van der Waals surface area contributed by atoms with Crippen LogP contribution in [0.25, 0.3) is 0 Å². The van der Waals surface area contributed by atoms with Crippen molar-refractivity contribution >= 4 is 0 Å². The topological polar surface area (TPSA) is 12.5 Å². The van der Waals surface area contributed by atoms with Crippen molar-refractivity contribution in [2.75, 3.05) is 6.61 Å². The largest absolute Gasteiger partial charge is 0.270 e. The third-order valence-corrected chi connectivity index (χ3v) is 3.52. The smallest absolute Gasteiger partial charge is 0.0752 e. The van der Waals surface area contributed by atoms with Crippen LogP contribution in [0.3, 0.4) is 0 Å². The summed E-state index contributed by atoms with van der Waals surface area (Å²) >= 11 is 0. The molecule has 2 nitrogen and oxygen atoms in total. The molecule has 0 saturated carbocycles. The van der Waals surface area contributed by atoms with Gasteiger partial charge < -0.3 is 0 Å². The average Bonchev–Trinajstić information content (AvgIpc) is 2.46. The first kappa shape index (κ1) is 16.3. The Hall–Kier alpha value is -0.760. The molecule has 0 N–H and O–H groups in total. The highest BCUT2D eigenvalue weighted by Crippen LogP contribution is 2.11. The van der Waals surface area contributed by atoms with E-state index in [0.717, 1.165) is 13.0 Å². The molecule has 0 spiro atoms. The lowest BCUT2D eigenvalue weighted by atomic mass is 10.1. The Bertz CT molecular complexity index is 236. The van der Waals surface area contributed by atoms with E-state index in [1.165, 1.54) is 64.2 Å². The standard InChI is InChI=1S/C17H31NO/c1-2-3-4-5-6-7-8-9-10-14-17-19-18-15-12-11-13-16-18/h12-13,15-16H,2-11,14,17H2,1H3. The molecule has 0 fully saturated rings. The van der Waals surface area contributed by atoms with Gasteiger partial charge in [-0.2, -0.15) is 0 Å². The van der Waals surface area contributed by atoms with Gasteiger partial charge in [0.2, 0.25) is 0 Å². The van der Waals surface area contributed by atoms with Crippen molar-refractivity contribution in [1.82, 2.24) is 5.06 Å². The molecule has 2 heteroatoms. The van der Waals surface area contributed by atoms with Crippen molar-refractivity contribution in [2.24, 2.45) is 0 Å². The fourth-order valence-electron chi connectivity index (χ4n) is 2.30. The van der Waals surface area contributed by atoms with Crippen LogP contribution in [0, 0.1) is 0 Å². The number of hydrogen-bond donors (Lipinski definition) is 0. The highest BCUT2D eigenvalue weighted by atomic mass is 16.7. The van der Waals surface area contributed by atoms with E-state index in [4.69, 9.17) is 4.84 Å². The van der Waals surface area contributed by atoms with E-state index in [1.54, 1.807) is 0 Å². The number of nitrogens with zero attached hydrogens (tertiary/aromatic N) is 1. The molecule has 1 rings (SSSR count). The fraction of sp³-hybridized carbons (Fsp3) is 0.765. The lowest BCUT2D eigenvalue weighted by Gasteiger charge is -2.17. The molecule has 0 saturated heterocycles. The maximum absolute atomic E-state index is 5.61. The van der Waals surface area contributed by atoms with Crippen molar-refractivity contribution in [3.8, 4) is 0 Å². The van der Waals surface area contributed by atoms with E-state index in [2.05, 4.69) is 19.1 Å². The first-order valence-corrected chi connectivity index (χ1v) is 8.18. The van der Waals surface area contributed by atoms with E-state index in [0.29, 0.717) is 0 Å². The summed E-state index contributed by atoms with van der Waals surface area (Å²) in [5.41, 5.74) is 0. The Morgan fingerprint density at radius 1 is 0.789 bits per heavy atom. The number of rotatable bonds is 12. The van der Waals surface area contributed by atoms with Gasteiger partial charge in [-0.3, -0.25) is 4.84 Å². The molecule has 1 aliphatic rings. The van der Waals surface area contributed by atoms with Crippen LogP contribution in [0.15, 0.2) is 24.6 Å². The number of hydrogen-bond acceptors (Lipinski definition) is 2. The summed E-state index contributed by atoms with van der Waals surface area (Å²) in [5, 5.41) is 1.82. The first-order valence-electron chi connectivity index (χ1n) is 8.18. The zero-order valence-corrected chi connectivity index (χ0v) is 12.7. The van der Waals surface area contributed by atoms with Gasteiger partial charge in [-0.1, -0.05) is 76.9 Å². The van der Waals surface area contributed by atoms with Gasteiger partial charge in [0.1, 0.15) is 0 Å². The number of allylic oxidation sites excluding steroid dienone is 2. The van der Waals surface area contributed by atoms with Crippen LogP contribution in [0.2, 0.25) is 0 Å². The molecule has 0 bridgehead atoms. The summed E-state index contributed by atoms with van der Waals surface area (Å²) in [5.74, 6) is 0. The van der Waals surface area contributed by atoms with Crippen molar-refractivity contribution in [3.05, 3.63) is 24.6 Å². The second kappa shape index (κ2) is 12.3. The van der Waals surface area contributed by atoms with E-state index in [1.807, 2.05) is 17.5 Å². The predicted molar refractivity (Wildman–Crippen MR) is 82.5 cm³/mol. The summed E-state index contributed by atoms with van der Waals surface area (Å²) in [4.78, 5) is 5.61. The molecular weight excluding hydrogens is 234 g/mol. The van der Waals surface area contributed by atoms with Gasteiger partial charge in [0.05, 0.1) is 6.61 Å². The van der Waals surface area contributed by atoms with Crippen LogP contribution in [0.4, 0.5) is 0 Å². The number of hydroxylamine groups is 2. The van der Waals surface area contributed by atoms with E-state index < -0.39 is 0 Å². The highest BCUT2D eigenvalue weighted by Gasteiger charge is 1.98. The van der Waals surface area contributed by atoms with Gasteiger partial charge in [0.25, 0.3) is 0 Å². The molecular formula is C17H31NO. The average molecular weight is 265 g/mol. The van der Waals surface area contributed by atoms with Crippen molar-refractivity contribution in [3.63, 3.8) is 0 Å². The zero-order valence-electron chi connectivity index (χ0n) is 12.7. The van der Waals surface area contributed by atoms with Crippen molar-refractivity contribution in [1.29, 1.82) is 0 Å².